The lowest BCUT2D eigenvalue weighted by molar-refractivity contribution is -0.156. The van der Waals surface area contributed by atoms with Gasteiger partial charge >= 0.3 is 12.1 Å². The van der Waals surface area contributed by atoms with Gasteiger partial charge in [0.25, 0.3) is 5.89 Å². The van der Waals surface area contributed by atoms with E-state index in [4.69, 9.17) is 0 Å². The van der Waals surface area contributed by atoms with E-state index in [1.165, 1.54) is 30.6 Å². The van der Waals surface area contributed by atoms with E-state index in [0.29, 0.717) is 0 Å². The normalized spacial score (nSPS) is 11.5. The zero-order chi connectivity index (χ0) is 16.4. The SMILES string of the molecule is Fc1ccccc1Nc1ncc(-c2nnc(C(F)(F)F)o2)cn1. The van der Waals surface area contributed by atoms with E-state index in [-0.39, 0.29) is 23.1 Å². The molecule has 0 saturated carbocycles. The van der Waals surface area contributed by atoms with Gasteiger partial charge in [0.1, 0.15) is 5.82 Å². The van der Waals surface area contributed by atoms with Gasteiger partial charge in [0.2, 0.25) is 5.95 Å². The van der Waals surface area contributed by atoms with Crippen molar-refractivity contribution in [3.63, 3.8) is 0 Å². The molecule has 0 amide bonds. The average Bonchev–Trinajstić information content (AvgIpc) is 3.00. The van der Waals surface area contributed by atoms with Crippen LogP contribution in [0.2, 0.25) is 0 Å². The number of aromatic nitrogens is 4. The lowest BCUT2D eigenvalue weighted by Gasteiger charge is -2.05. The molecule has 6 nitrogen and oxygen atoms in total. The molecule has 0 radical (unpaired) electrons. The summed E-state index contributed by atoms with van der Waals surface area (Å²) in [7, 11) is 0. The third kappa shape index (κ3) is 3.25. The van der Waals surface area contributed by atoms with Crippen molar-refractivity contribution in [3.8, 4) is 11.5 Å². The lowest BCUT2D eigenvalue weighted by Crippen LogP contribution is -2.04. The maximum atomic E-state index is 13.5. The molecule has 0 unspecified atom stereocenters. The maximum absolute atomic E-state index is 13.5. The summed E-state index contributed by atoms with van der Waals surface area (Å²) in [4.78, 5) is 7.73. The Morgan fingerprint density at radius 2 is 1.70 bits per heavy atom. The van der Waals surface area contributed by atoms with Crippen molar-refractivity contribution in [3.05, 3.63) is 48.4 Å². The highest BCUT2D eigenvalue weighted by Gasteiger charge is 2.38. The van der Waals surface area contributed by atoms with E-state index in [9.17, 15) is 17.6 Å². The van der Waals surface area contributed by atoms with Gasteiger partial charge in [-0.05, 0) is 12.1 Å². The minimum atomic E-state index is -4.72. The molecule has 10 heteroatoms. The third-order valence-electron chi connectivity index (χ3n) is 2.69. The van der Waals surface area contributed by atoms with Gasteiger partial charge in [-0.1, -0.05) is 12.1 Å². The molecule has 3 rings (SSSR count). The predicted octanol–water partition coefficient (Wildman–Crippen LogP) is 3.43. The molecular weight excluding hydrogens is 318 g/mol. The van der Waals surface area contributed by atoms with Gasteiger partial charge in [0, 0.05) is 12.4 Å². The Hall–Kier alpha value is -3.04. The second-order valence-corrected chi connectivity index (χ2v) is 4.31. The van der Waals surface area contributed by atoms with Crippen LogP contribution in [0.5, 0.6) is 0 Å². The molecule has 3 aromatic rings. The van der Waals surface area contributed by atoms with Gasteiger partial charge in [-0.15, -0.1) is 10.2 Å². The van der Waals surface area contributed by atoms with E-state index in [1.807, 2.05) is 0 Å². The fraction of sp³-hybridized carbons (Fsp3) is 0.0769. The first-order valence-electron chi connectivity index (χ1n) is 6.18. The number of halogens is 4. The number of hydrogen-bond donors (Lipinski definition) is 1. The van der Waals surface area contributed by atoms with Crippen LogP contribution in [0.15, 0.2) is 41.1 Å². The van der Waals surface area contributed by atoms with Crippen molar-refractivity contribution in [1.29, 1.82) is 0 Å². The number of benzene rings is 1. The van der Waals surface area contributed by atoms with Crippen LogP contribution >= 0.6 is 0 Å². The van der Waals surface area contributed by atoms with Crippen LogP contribution < -0.4 is 5.32 Å². The van der Waals surface area contributed by atoms with Gasteiger partial charge in [-0.25, -0.2) is 14.4 Å². The molecule has 0 fully saturated rings. The van der Waals surface area contributed by atoms with Crippen LogP contribution in [0.1, 0.15) is 5.89 Å². The van der Waals surface area contributed by atoms with Crippen molar-refractivity contribution in [2.24, 2.45) is 0 Å². The molecule has 0 aliphatic heterocycles. The van der Waals surface area contributed by atoms with Gasteiger partial charge in [0.05, 0.1) is 11.3 Å². The Morgan fingerprint density at radius 3 is 2.30 bits per heavy atom. The summed E-state index contributed by atoms with van der Waals surface area (Å²) in [5.74, 6) is -2.25. The number of alkyl halides is 3. The van der Waals surface area contributed by atoms with Gasteiger partial charge in [-0.3, -0.25) is 0 Å². The van der Waals surface area contributed by atoms with Gasteiger partial charge in [0.15, 0.2) is 0 Å². The molecule has 0 atom stereocenters. The Labute approximate surface area is 126 Å². The minimum absolute atomic E-state index is 0.0643. The van der Waals surface area contributed by atoms with Crippen molar-refractivity contribution in [2.45, 2.75) is 6.18 Å². The molecular formula is C13H7F4N5O. The Bertz CT molecular complexity index is 816. The Morgan fingerprint density at radius 1 is 1.00 bits per heavy atom. The topological polar surface area (TPSA) is 76.7 Å². The largest absolute Gasteiger partial charge is 0.470 e. The fourth-order valence-corrected chi connectivity index (χ4v) is 1.64. The summed E-state index contributed by atoms with van der Waals surface area (Å²) >= 11 is 0. The molecule has 0 aliphatic carbocycles. The van der Waals surface area contributed by atoms with E-state index in [2.05, 4.69) is 29.9 Å². The number of para-hydroxylation sites is 1. The standard InChI is InChI=1S/C13H7F4N5O/c14-8-3-1-2-4-9(8)20-12-18-5-7(6-19-12)10-21-22-11(23-10)13(15,16)17/h1-6H,(H,18,19,20). The molecule has 0 saturated heterocycles. The van der Waals surface area contributed by atoms with Gasteiger partial charge in [-0.2, -0.15) is 13.2 Å². The first-order chi connectivity index (χ1) is 10.9. The van der Waals surface area contributed by atoms with E-state index in [1.54, 1.807) is 6.07 Å². The van der Waals surface area contributed by atoms with Crippen LogP contribution in [-0.4, -0.2) is 20.2 Å². The molecule has 2 heterocycles. The second-order valence-electron chi connectivity index (χ2n) is 4.31. The smallest absolute Gasteiger partial charge is 0.413 e. The molecule has 118 valence electrons. The zero-order valence-corrected chi connectivity index (χ0v) is 11.2. The predicted molar refractivity (Wildman–Crippen MR) is 70.0 cm³/mol. The Balaban J connectivity index is 1.80. The monoisotopic (exact) mass is 325 g/mol. The Kier molecular flexibility index (Phi) is 3.64. The molecule has 0 spiro atoms. The lowest BCUT2D eigenvalue weighted by atomic mass is 10.3. The summed E-state index contributed by atoms with van der Waals surface area (Å²) in [5.41, 5.74) is 0.268. The maximum Gasteiger partial charge on any atom is 0.470 e. The minimum Gasteiger partial charge on any atom is -0.413 e. The fourth-order valence-electron chi connectivity index (χ4n) is 1.64. The van der Waals surface area contributed by atoms with E-state index >= 15 is 0 Å². The third-order valence-corrected chi connectivity index (χ3v) is 2.69. The summed E-state index contributed by atoms with van der Waals surface area (Å²) in [5, 5.41) is 8.82. The van der Waals surface area contributed by atoms with Crippen LogP contribution in [0.4, 0.5) is 29.2 Å². The van der Waals surface area contributed by atoms with Crippen LogP contribution in [-0.2, 0) is 6.18 Å². The van der Waals surface area contributed by atoms with Crippen molar-refractivity contribution in [2.75, 3.05) is 5.32 Å². The molecule has 1 N–H and O–H groups in total. The highest BCUT2D eigenvalue weighted by atomic mass is 19.4. The number of nitrogens with one attached hydrogen (secondary N) is 1. The number of rotatable bonds is 3. The average molecular weight is 325 g/mol. The molecule has 1 aromatic carbocycles. The number of anilines is 2. The first-order valence-corrected chi connectivity index (χ1v) is 6.18. The van der Waals surface area contributed by atoms with Crippen molar-refractivity contribution in [1.82, 2.24) is 20.2 Å². The number of nitrogens with zero attached hydrogens (tertiary/aromatic N) is 4. The first kappa shape index (κ1) is 14.9. The molecule has 2 aromatic heterocycles. The summed E-state index contributed by atoms with van der Waals surface area (Å²) in [6.45, 7) is 0. The van der Waals surface area contributed by atoms with Crippen LogP contribution in [0.3, 0.4) is 0 Å². The zero-order valence-electron chi connectivity index (χ0n) is 11.2. The van der Waals surface area contributed by atoms with Crippen molar-refractivity contribution < 1.29 is 22.0 Å². The summed E-state index contributed by atoms with van der Waals surface area (Å²) in [6.07, 6.45) is -2.36. The highest BCUT2D eigenvalue weighted by molar-refractivity contribution is 5.56. The number of hydrogen-bond acceptors (Lipinski definition) is 6. The highest BCUT2D eigenvalue weighted by Crippen LogP contribution is 2.30. The summed E-state index contributed by atoms with van der Waals surface area (Å²) in [6, 6.07) is 5.89. The van der Waals surface area contributed by atoms with E-state index in [0.717, 1.165) is 0 Å². The quantitative estimate of drug-likeness (QED) is 0.744. The van der Waals surface area contributed by atoms with Gasteiger partial charge < -0.3 is 9.73 Å². The molecule has 0 aliphatic rings. The second kappa shape index (κ2) is 5.63. The van der Waals surface area contributed by atoms with Crippen molar-refractivity contribution >= 4 is 11.6 Å². The van der Waals surface area contributed by atoms with Crippen LogP contribution in [0.25, 0.3) is 11.5 Å². The van der Waals surface area contributed by atoms with E-state index < -0.39 is 17.9 Å². The molecule has 23 heavy (non-hydrogen) atoms. The summed E-state index contributed by atoms with van der Waals surface area (Å²) < 4.78 is 55.1. The van der Waals surface area contributed by atoms with Crippen LogP contribution in [0, 0.1) is 5.82 Å². The molecule has 0 bridgehead atoms.